The Bertz CT molecular complexity index is 347. The summed E-state index contributed by atoms with van der Waals surface area (Å²) in [6.45, 7) is 1.81. The summed E-state index contributed by atoms with van der Waals surface area (Å²) in [5.41, 5.74) is 0. The SMILES string of the molecule is CC(=O)NCC(C)(C(=O)O)S(C)(=O)=O. The standard InChI is InChI=1S/C7H13NO5S/c1-5(9)8-4-7(2,6(10)11)14(3,12)13/h4H2,1-3H3,(H,8,9)(H,10,11). The zero-order valence-corrected chi connectivity index (χ0v) is 9.01. The smallest absolute Gasteiger partial charge is 0.326 e. The van der Waals surface area contributed by atoms with Gasteiger partial charge in [-0.15, -0.1) is 0 Å². The van der Waals surface area contributed by atoms with Crippen molar-refractivity contribution in [2.24, 2.45) is 0 Å². The number of sulfone groups is 1. The molecule has 0 aliphatic heterocycles. The molecule has 0 saturated carbocycles. The van der Waals surface area contributed by atoms with Crippen molar-refractivity contribution in [1.82, 2.24) is 5.32 Å². The second-order valence-electron chi connectivity index (χ2n) is 3.22. The zero-order valence-electron chi connectivity index (χ0n) is 8.20. The van der Waals surface area contributed by atoms with E-state index in [1.54, 1.807) is 0 Å². The van der Waals surface area contributed by atoms with Crippen LogP contribution in [0.4, 0.5) is 0 Å². The molecule has 6 nitrogen and oxygen atoms in total. The Hall–Kier alpha value is -1.11. The molecule has 0 bridgehead atoms. The summed E-state index contributed by atoms with van der Waals surface area (Å²) in [6.07, 6.45) is 0.822. The first kappa shape index (κ1) is 12.9. The number of aliphatic carboxylic acids is 1. The van der Waals surface area contributed by atoms with Gasteiger partial charge in [-0.2, -0.15) is 0 Å². The van der Waals surface area contributed by atoms with E-state index in [4.69, 9.17) is 5.11 Å². The molecular weight excluding hydrogens is 210 g/mol. The third-order valence-electron chi connectivity index (χ3n) is 1.95. The van der Waals surface area contributed by atoms with E-state index in [0.717, 1.165) is 13.2 Å². The molecule has 14 heavy (non-hydrogen) atoms. The number of carbonyl (C=O) groups is 2. The van der Waals surface area contributed by atoms with Crippen LogP contribution in [0.15, 0.2) is 0 Å². The average molecular weight is 223 g/mol. The van der Waals surface area contributed by atoms with Gasteiger partial charge in [0.2, 0.25) is 5.91 Å². The minimum absolute atomic E-state index is 0.434. The Kier molecular flexibility index (Phi) is 3.64. The minimum Gasteiger partial charge on any atom is -0.480 e. The second kappa shape index (κ2) is 3.95. The van der Waals surface area contributed by atoms with Crippen LogP contribution < -0.4 is 5.32 Å². The molecule has 0 spiro atoms. The van der Waals surface area contributed by atoms with Crippen molar-refractivity contribution in [1.29, 1.82) is 0 Å². The molecule has 0 rings (SSSR count). The molecule has 82 valence electrons. The molecule has 1 atom stereocenters. The molecule has 1 unspecified atom stereocenters. The summed E-state index contributed by atoms with van der Waals surface area (Å²) in [7, 11) is -3.77. The van der Waals surface area contributed by atoms with Crippen molar-refractivity contribution in [2.75, 3.05) is 12.8 Å². The van der Waals surface area contributed by atoms with Crippen molar-refractivity contribution in [3.63, 3.8) is 0 Å². The van der Waals surface area contributed by atoms with Gasteiger partial charge in [0.1, 0.15) is 0 Å². The van der Waals surface area contributed by atoms with Gasteiger partial charge in [-0.25, -0.2) is 8.42 Å². The summed E-state index contributed by atoms with van der Waals surface area (Å²) < 4.78 is 20.4. The summed E-state index contributed by atoms with van der Waals surface area (Å²) in [5, 5.41) is 10.9. The van der Waals surface area contributed by atoms with E-state index in [1.165, 1.54) is 6.92 Å². The normalized spacial score (nSPS) is 15.6. The van der Waals surface area contributed by atoms with Gasteiger partial charge in [0.05, 0.1) is 0 Å². The largest absolute Gasteiger partial charge is 0.480 e. The highest BCUT2D eigenvalue weighted by molar-refractivity contribution is 7.92. The summed E-state index contributed by atoms with van der Waals surface area (Å²) in [4.78, 5) is 21.3. The number of hydrogen-bond donors (Lipinski definition) is 2. The Labute approximate surface area is 82.2 Å². The summed E-state index contributed by atoms with van der Waals surface area (Å²) >= 11 is 0. The molecule has 0 aromatic carbocycles. The van der Waals surface area contributed by atoms with Crippen molar-refractivity contribution >= 4 is 21.7 Å². The highest BCUT2D eigenvalue weighted by Crippen LogP contribution is 2.15. The molecule has 0 fully saturated rings. The van der Waals surface area contributed by atoms with Gasteiger partial charge in [0.15, 0.2) is 14.6 Å². The van der Waals surface area contributed by atoms with Crippen molar-refractivity contribution in [3.8, 4) is 0 Å². The maximum atomic E-state index is 11.2. The molecule has 1 amide bonds. The molecule has 0 heterocycles. The first-order valence-corrected chi connectivity index (χ1v) is 5.68. The van der Waals surface area contributed by atoms with Crippen LogP contribution in [0.5, 0.6) is 0 Å². The number of rotatable bonds is 4. The predicted molar refractivity (Wildman–Crippen MR) is 49.6 cm³/mol. The number of nitrogens with one attached hydrogen (secondary N) is 1. The predicted octanol–water partition coefficient (Wildman–Crippen LogP) is -0.990. The molecule has 0 aromatic heterocycles. The first-order valence-electron chi connectivity index (χ1n) is 3.78. The lowest BCUT2D eigenvalue weighted by molar-refractivity contribution is -0.139. The number of carboxylic acid groups (broad SMARTS) is 1. The average Bonchev–Trinajstić information content (AvgIpc) is 1.97. The Balaban J connectivity index is 4.95. The van der Waals surface area contributed by atoms with Crippen LogP contribution in [0.25, 0.3) is 0 Å². The van der Waals surface area contributed by atoms with Gasteiger partial charge in [-0.1, -0.05) is 0 Å². The monoisotopic (exact) mass is 223 g/mol. The highest BCUT2D eigenvalue weighted by atomic mass is 32.2. The van der Waals surface area contributed by atoms with Gasteiger partial charge in [0.25, 0.3) is 0 Å². The maximum absolute atomic E-state index is 11.2. The second-order valence-corrected chi connectivity index (χ2v) is 5.66. The lowest BCUT2D eigenvalue weighted by Gasteiger charge is -2.22. The molecule has 0 aliphatic rings. The van der Waals surface area contributed by atoms with Crippen LogP contribution in [-0.4, -0.2) is 42.9 Å². The Morgan fingerprint density at radius 2 is 1.86 bits per heavy atom. The van der Waals surface area contributed by atoms with Crippen LogP contribution in [0.1, 0.15) is 13.8 Å². The van der Waals surface area contributed by atoms with Crippen molar-refractivity contribution in [3.05, 3.63) is 0 Å². The number of carbonyl (C=O) groups excluding carboxylic acids is 1. The molecule has 0 aliphatic carbocycles. The van der Waals surface area contributed by atoms with Crippen LogP contribution >= 0.6 is 0 Å². The lowest BCUT2D eigenvalue weighted by atomic mass is 10.2. The topological polar surface area (TPSA) is 101 Å². The van der Waals surface area contributed by atoms with E-state index >= 15 is 0 Å². The van der Waals surface area contributed by atoms with Crippen LogP contribution in [0.3, 0.4) is 0 Å². The summed E-state index contributed by atoms with van der Waals surface area (Å²) in [5.74, 6) is -1.95. The third kappa shape index (κ3) is 2.69. The van der Waals surface area contributed by atoms with E-state index in [9.17, 15) is 18.0 Å². The van der Waals surface area contributed by atoms with Crippen molar-refractivity contribution < 1.29 is 23.1 Å². The van der Waals surface area contributed by atoms with Crippen LogP contribution in [0, 0.1) is 0 Å². The fraction of sp³-hybridized carbons (Fsp3) is 0.714. The maximum Gasteiger partial charge on any atom is 0.326 e. The molecule has 0 radical (unpaired) electrons. The van der Waals surface area contributed by atoms with E-state index in [-0.39, 0.29) is 0 Å². The molecule has 2 N–H and O–H groups in total. The Morgan fingerprint density at radius 1 is 1.43 bits per heavy atom. The van der Waals surface area contributed by atoms with Gasteiger partial charge in [-0.3, -0.25) is 9.59 Å². The quantitative estimate of drug-likeness (QED) is 0.637. The lowest BCUT2D eigenvalue weighted by Crippen LogP contribution is -2.51. The van der Waals surface area contributed by atoms with Gasteiger partial charge < -0.3 is 10.4 Å². The molecule has 0 aromatic rings. The first-order chi connectivity index (χ1) is 6.11. The third-order valence-corrected chi connectivity index (χ3v) is 3.90. The van der Waals surface area contributed by atoms with E-state index < -0.39 is 33.0 Å². The van der Waals surface area contributed by atoms with E-state index in [0.29, 0.717) is 0 Å². The van der Waals surface area contributed by atoms with Crippen LogP contribution in [0.2, 0.25) is 0 Å². The minimum atomic E-state index is -3.77. The fourth-order valence-corrected chi connectivity index (χ4v) is 1.31. The summed E-state index contributed by atoms with van der Waals surface area (Å²) in [6, 6.07) is 0. The van der Waals surface area contributed by atoms with Gasteiger partial charge in [-0.05, 0) is 6.92 Å². The zero-order chi connectivity index (χ0) is 11.6. The van der Waals surface area contributed by atoms with Crippen LogP contribution in [-0.2, 0) is 19.4 Å². The fourth-order valence-electron chi connectivity index (χ4n) is 0.658. The number of hydrogen-bond acceptors (Lipinski definition) is 4. The van der Waals surface area contributed by atoms with E-state index in [1.807, 2.05) is 0 Å². The number of carboxylic acids is 1. The molecule has 7 heteroatoms. The molecule has 0 saturated heterocycles. The van der Waals surface area contributed by atoms with E-state index in [2.05, 4.69) is 5.32 Å². The van der Waals surface area contributed by atoms with Gasteiger partial charge in [0, 0.05) is 19.7 Å². The van der Waals surface area contributed by atoms with Gasteiger partial charge >= 0.3 is 5.97 Å². The highest BCUT2D eigenvalue weighted by Gasteiger charge is 2.43. The Morgan fingerprint density at radius 3 is 2.07 bits per heavy atom. The van der Waals surface area contributed by atoms with Crippen molar-refractivity contribution in [2.45, 2.75) is 18.6 Å². The molecular formula is C7H13NO5S. The number of amides is 1.